The number of carbonyl (C=O) groups excluding carboxylic acids is 1. The molecule has 0 bridgehead atoms. The molecule has 2 N–H and O–H groups in total. The van der Waals surface area contributed by atoms with Crippen LogP contribution in [0.2, 0.25) is 0 Å². The summed E-state index contributed by atoms with van der Waals surface area (Å²) in [6.07, 6.45) is 0. The SMILES string of the molecule is COc1nc(C(C)(C)N(C)C)nc(C(=O)NCc2ccc(F)cc2)c1O. The van der Waals surface area contributed by atoms with E-state index in [1.807, 2.05) is 32.8 Å². The van der Waals surface area contributed by atoms with Crippen molar-refractivity contribution in [3.8, 4) is 11.6 Å². The number of rotatable bonds is 6. The molecule has 0 spiro atoms. The van der Waals surface area contributed by atoms with Gasteiger partial charge in [-0.1, -0.05) is 12.1 Å². The fourth-order valence-corrected chi connectivity index (χ4v) is 2.08. The Bertz CT molecular complexity index is 792. The molecule has 26 heavy (non-hydrogen) atoms. The summed E-state index contributed by atoms with van der Waals surface area (Å²) in [6.45, 7) is 3.94. The van der Waals surface area contributed by atoms with Crippen molar-refractivity contribution in [1.82, 2.24) is 20.2 Å². The van der Waals surface area contributed by atoms with E-state index < -0.39 is 17.2 Å². The number of halogens is 1. The predicted molar refractivity (Wildman–Crippen MR) is 94.5 cm³/mol. The maximum absolute atomic E-state index is 13.0. The molecular formula is C18H23FN4O3. The van der Waals surface area contributed by atoms with Gasteiger partial charge in [-0.2, -0.15) is 4.98 Å². The van der Waals surface area contributed by atoms with Crippen LogP contribution in [0.1, 0.15) is 35.7 Å². The number of aromatic hydroxyl groups is 1. The summed E-state index contributed by atoms with van der Waals surface area (Å²) in [4.78, 5) is 22.9. The number of carbonyl (C=O) groups is 1. The van der Waals surface area contributed by atoms with Gasteiger partial charge in [0.1, 0.15) is 5.82 Å². The number of benzene rings is 1. The maximum Gasteiger partial charge on any atom is 0.274 e. The summed E-state index contributed by atoms with van der Waals surface area (Å²) in [5, 5.41) is 12.9. The van der Waals surface area contributed by atoms with Crippen molar-refractivity contribution in [3.63, 3.8) is 0 Å². The smallest absolute Gasteiger partial charge is 0.274 e. The molecule has 2 aromatic rings. The molecule has 0 aliphatic rings. The largest absolute Gasteiger partial charge is 0.501 e. The highest BCUT2D eigenvalue weighted by Gasteiger charge is 2.31. The quantitative estimate of drug-likeness (QED) is 0.818. The third kappa shape index (κ3) is 4.08. The van der Waals surface area contributed by atoms with E-state index in [2.05, 4.69) is 15.3 Å². The summed E-state index contributed by atoms with van der Waals surface area (Å²) in [6, 6.07) is 5.75. The van der Waals surface area contributed by atoms with Crippen LogP contribution in [0.25, 0.3) is 0 Å². The Morgan fingerprint density at radius 1 is 1.27 bits per heavy atom. The number of amides is 1. The molecule has 7 nitrogen and oxygen atoms in total. The van der Waals surface area contributed by atoms with Crippen molar-refractivity contribution in [2.75, 3.05) is 21.2 Å². The number of nitrogens with one attached hydrogen (secondary N) is 1. The number of hydrogen-bond donors (Lipinski definition) is 2. The topological polar surface area (TPSA) is 87.6 Å². The third-order valence-electron chi connectivity index (χ3n) is 4.29. The molecule has 0 saturated heterocycles. The van der Waals surface area contributed by atoms with Gasteiger partial charge in [0.05, 0.1) is 12.6 Å². The average Bonchev–Trinajstić information content (AvgIpc) is 2.60. The minimum Gasteiger partial charge on any atom is -0.501 e. The molecule has 0 aliphatic heterocycles. The van der Waals surface area contributed by atoms with E-state index in [-0.39, 0.29) is 23.9 Å². The normalized spacial score (nSPS) is 11.5. The molecule has 1 aromatic carbocycles. The van der Waals surface area contributed by atoms with Gasteiger partial charge < -0.3 is 15.2 Å². The second kappa shape index (κ2) is 7.65. The zero-order valence-electron chi connectivity index (χ0n) is 15.5. The molecular weight excluding hydrogens is 339 g/mol. The van der Waals surface area contributed by atoms with Crippen LogP contribution in [0.3, 0.4) is 0 Å². The van der Waals surface area contributed by atoms with E-state index in [4.69, 9.17) is 4.74 Å². The average molecular weight is 362 g/mol. The van der Waals surface area contributed by atoms with E-state index in [1.165, 1.54) is 19.2 Å². The van der Waals surface area contributed by atoms with Gasteiger partial charge >= 0.3 is 0 Å². The molecule has 0 aliphatic carbocycles. The molecule has 0 unspecified atom stereocenters. The van der Waals surface area contributed by atoms with Crippen molar-refractivity contribution >= 4 is 5.91 Å². The van der Waals surface area contributed by atoms with Gasteiger partial charge in [-0.05, 0) is 45.6 Å². The Kier molecular flexibility index (Phi) is 5.76. The van der Waals surface area contributed by atoms with Gasteiger partial charge in [-0.25, -0.2) is 9.37 Å². The van der Waals surface area contributed by atoms with Gasteiger partial charge in [-0.3, -0.25) is 9.69 Å². The zero-order chi connectivity index (χ0) is 19.5. The summed E-state index contributed by atoms with van der Waals surface area (Å²) < 4.78 is 18.0. The van der Waals surface area contributed by atoms with Crippen molar-refractivity contribution in [2.24, 2.45) is 0 Å². The Balaban J connectivity index is 2.31. The summed E-state index contributed by atoms with van der Waals surface area (Å²) >= 11 is 0. The second-order valence-corrected chi connectivity index (χ2v) is 6.52. The summed E-state index contributed by atoms with van der Waals surface area (Å²) in [7, 11) is 5.07. The molecule has 0 saturated carbocycles. The molecule has 0 radical (unpaired) electrons. The van der Waals surface area contributed by atoms with Crippen molar-refractivity contribution < 1.29 is 19.0 Å². The van der Waals surface area contributed by atoms with Crippen molar-refractivity contribution in [3.05, 3.63) is 47.2 Å². The third-order valence-corrected chi connectivity index (χ3v) is 4.29. The second-order valence-electron chi connectivity index (χ2n) is 6.52. The molecule has 1 amide bonds. The highest BCUT2D eigenvalue weighted by atomic mass is 19.1. The van der Waals surface area contributed by atoms with Crippen LogP contribution >= 0.6 is 0 Å². The first kappa shape index (κ1) is 19.6. The van der Waals surface area contributed by atoms with Gasteiger partial charge in [0.2, 0.25) is 5.75 Å². The van der Waals surface area contributed by atoms with Crippen LogP contribution in [-0.4, -0.2) is 47.1 Å². The number of aromatic nitrogens is 2. The highest BCUT2D eigenvalue weighted by Crippen LogP contribution is 2.31. The van der Waals surface area contributed by atoms with E-state index >= 15 is 0 Å². The summed E-state index contributed by atoms with van der Waals surface area (Å²) in [5.74, 6) is -1.10. The Hall–Kier alpha value is -2.74. The molecule has 2 rings (SSSR count). The van der Waals surface area contributed by atoms with Crippen LogP contribution in [0.15, 0.2) is 24.3 Å². The monoisotopic (exact) mass is 362 g/mol. The maximum atomic E-state index is 13.0. The zero-order valence-corrected chi connectivity index (χ0v) is 15.5. The van der Waals surface area contributed by atoms with E-state index in [0.29, 0.717) is 11.4 Å². The first-order valence-corrected chi connectivity index (χ1v) is 8.02. The Morgan fingerprint density at radius 3 is 2.42 bits per heavy atom. The number of ether oxygens (including phenoxy) is 1. The molecule has 0 fully saturated rings. The minimum atomic E-state index is -0.590. The first-order valence-electron chi connectivity index (χ1n) is 8.02. The Morgan fingerprint density at radius 2 is 1.88 bits per heavy atom. The van der Waals surface area contributed by atoms with E-state index in [1.54, 1.807) is 12.1 Å². The lowest BCUT2D eigenvalue weighted by atomic mass is 10.0. The van der Waals surface area contributed by atoms with Crippen molar-refractivity contribution in [2.45, 2.75) is 25.9 Å². The van der Waals surface area contributed by atoms with Gasteiger partial charge in [-0.15, -0.1) is 0 Å². The molecule has 140 valence electrons. The predicted octanol–water partition coefficient (Wildman–Crippen LogP) is 2.06. The van der Waals surface area contributed by atoms with Gasteiger partial charge in [0, 0.05) is 6.54 Å². The van der Waals surface area contributed by atoms with Gasteiger partial charge in [0.15, 0.2) is 11.5 Å². The lowest BCUT2D eigenvalue weighted by molar-refractivity contribution is 0.0939. The fraction of sp³-hybridized carbons (Fsp3) is 0.389. The number of methoxy groups -OCH3 is 1. The van der Waals surface area contributed by atoms with E-state index in [0.717, 1.165) is 0 Å². The van der Waals surface area contributed by atoms with Crippen LogP contribution in [0.5, 0.6) is 11.6 Å². The molecule has 1 aromatic heterocycles. The number of hydrogen-bond acceptors (Lipinski definition) is 6. The molecule has 8 heteroatoms. The van der Waals surface area contributed by atoms with Crippen LogP contribution in [-0.2, 0) is 12.1 Å². The highest BCUT2D eigenvalue weighted by molar-refractivity contribution is 5.95. The number of nitrogens with zero attached hydrogens (tertiary/aromatic N) is 3. The fourth-order valence-electron chi connectivity index (χ4n) is 2.08. The van der Waals surface area contributed by atoms with E-state index in [9.17, 15) is 14.3 Å². The lowest BCUT2D eigenvalue weighted by Gasteiger charge is -2.31. The summed E-state index contributed by atoms with van der Waals surface area (Å²) in [5.41, 5.74) is -0.0505. The lowest BCUT2D eigenvalue weighted by Crippen LogP contribution is -2.38. The van der Waals surface area contributed by atoms with Crippen LogP contribution < -0.4 is 10.1 Å². The van der Waals surface area contributed by atoms with Gasteiger partial charge in [0.25, 0.3) is 11.8 Å². The van der Waals surface area contributed by atoms with Crippen LogP contribution in [0.4, 0.5) is 4.39 Å². The van der Waals surface area contributed by atoms with Crippen LogP contribution in [0, 0.1) is 5.82 Å². The molecule has 1 heterocycles. The first-order chi connectivity index (χ1) is 12.2. The standard InChI is InChI=1S/C18H23FN4O3/c1-18(2,23(3)4)17-21-13(14(24)16(22-17)26-5)15(25)20-10-11-6-8-12(19)9-7-11/h6-9,24H,10H2,1-5H3,(H,20,25). The minimum absolute atomic E-state index is 0.0724. The van der Waals surface area contributed by atoms with Crippen molar-refractivity contribution in [1.29, 1.82) is 0 Å². The molecule has 0 atom stereocenters. The Labute approximate surface area is 151 Å².